The van der Waals surface area contributed by atoms with Gasteiger partial charge in [0.05, 0.1) is 0 Å². The third kappa shape index (κ3) is 3.08. The predicted octanol–water partition coefficient (Wildman–Crippen LogP) is 1.42. The van der Waals surface area contributed by atoms with Crippen LogP contribution in [0.5, 0.6) is 0 Å². The molecule has 2 fully saturated rings. The topological polar surface area (TPSA) is 32.3 Å². The maximum atomic E-state index is 12.0. The number of carbonyl (C=O) groups excluding carboxylic acids is 1. The summed E-state index contributed by atoms with van der Waals surface area (Å²) in [6, 6.07) is 0.467. The van der Waals surface area contributed by atoms with Crippen molar-refractivity contribution in [2.45, 2.75) is 38.6 Å². The van der Waals surface area contributed by atoms with E-state index in [1.807, 2.05) is 0 Å². The summed E-state index contributed by atoms with van der Waals surface area (Å²) in [6.07, 6.45) is 4.74. The zero-order valence-corrected chi connectivity index (χ0v) is 10.2. The molecule has 1 saturated heterocycles. The van der Waals surface area contributed by atoms with Gasteiger partial charge in [-0.1, -0.05) is 12.8 Å². The first-order chi connectivity index (χ1) is 6.77. The van der Waals surface area contributed by atoms with Gasteiger partial charge in [0, 0.05) is 31.6 Å². The molecule has 1 aliphatic heterocycles. The Kier molecular flexibility index (Phi) is 4.87. The normalized spacial score (nSPS) is 27.5. The molecule has 0 radical (unpaired) electrons. The predicted molar refractivity (Wildman–Crippen MR) is 63.3 cm³/mol. The summed E-state index contributed by atoms with van der Waals surface area (Å²) in [5.74, 6) is 0.760. The van der Waals surface area contributed by atoms with Crippen LogP contribution < -0.4 is 5.32 Å². The van der Waals surface area contributed by atoms with Gasteiger partial charge in [0.1, 0.15) is 0 Å². The number of hydrogen-bond donors (Lipinski definition) is 1. The standard InChI is InChI=1S/C11H20N2O.ClH/c1-9-8-13(7-6-12-9)11(14)10-4-2-3-5-10;/h9-10,12H,2-8H2,1H3;1H/t9-;/m1./s1. The fraction of sp³-hybridized carbons (Fsp3) is 0.909. The number of nitrogens with one attached hydrogen (secondary N) is 1. The van der Waals surface area contributed by atoms with E-state index in [1.165, 1.54) is 12.8 Å². The Morgan fingerprint density at radius 3 is 2.60 bits per heavy atom. The maximum Gasteiger partial charge on any atom is 0.225 e. The fourth-order valence-electron chi connectivity index (χ4n) is 2.56. The molecule has 1 aliphatic carbocycles. The van der Waals surface area contributed by atoms with E-state index in [4.69, 9.17) is 0 Å². The molecule has 0 unspecified atom stereocenters. The summed E-state index contributed by atoms with van der Waals surface area (Å²) in [5, 5.41) is 3.36. The minimum absolute atomic E-state index is 0. The fourth-order valence-corrected chi connectivity index (χ4v) is 2.56. The average molecular weight is 233 g/mol. The van der Waals surface area contributed by atoms with Crippen LogP contribution in [0.2, 0.25) is 0 Å². The highest BCUT2D eigenvalue weighted by Gasteiger charge is 2.29. The Labute approximate surface area is 98.0 Å². The van der Waals surface area contributed by atoms with Crippen LogP contribution in [0, 0.1) is 5.92 Å². The highest BCUT2D eigenvalue weighted by Crippen LogP contribution is 2.26. The molecular formula is C11H21ClN2O. The Morgan fingerprint density at radius 2 is 2.00 bits per heavy atom. The first kappa shape index (κ1) is 12.8. The molecular weight excluding hydrogens is 212 g/mol. The van der Waals surface area contributed by atoms with Crippen molar-refractivity contribution in [2.75, 3.05) is 19.6 Å². The van der Waals surface area contributed by atoms with Gasteiger partial charge >= 0.3 is 0 Å². The number of rotatable bonds is 1. The van der Waals surface area contributed by atoms with E-state index in [1.54, 1.807) is 0 Å². The summed E-state index contributed by atoms with van der Waals surface area (Å²) in [5.41, 5.74) is 0. The summed E-state index contributed by atoms with van der Waals surface area (Å²) >= 11 is 0. The van der Waals surface area contributed by atoms with Crippen molar-refractivity contribution in [1.29, 1.82) is 0 Å². The van der Waals surface area contributed by atoms with Crippen LogP contribution in [0.4, 0.5) is 0 Å². The first-order valence-corrected chi connectivity index (χ1v) is 5.79. The highest BCUT2D eigenvalue weighted by molar-refractivity contribution is 5.85. The van der Waals surface area contributed by atoms with Crippen molar-refractivity contribution < 1.29 is 4.79 Å². The van der Waals surface area contributed by atoms with Gasteiger partial charge in [0.2, 0.25) is 5.91 Å². The zero-order valence-electron chi connectivity index (χ0n) is 9.37. The third-order valence-electron chi connectivity index (χ3n) is 3.38. The molecule has 15 heavy (non-hydrogen) atoms. The van der Waals surface area contributed by atoms with E-state index in [9.17, 15) is 4.79 Å². The van der Waals surface area contributed by atoms with Gasteiger partial charge in [-0.05, 0) is 19.8 Å². The second kappa shape index (κ2) is 5.71. The molecule has 88 valence electrons. The highest BCUT2D eigenvalue weighted by atomic mass is 35.5. The number of nitrogens with zero attached hydrogens (tertiary/aromatic N) is 1. The summed E-state index contributed by atoms with van der Waals surface area (Å²) in [6.45, 7) is 4.91. The van der Waals surface area contributed by atoms with Crippen molar-refractivity contribution in [3.63, 3.8) is 0 Å². The van der Waals surface area contributed by atoms with Gasteiger partial charge in [-0.15, -0.1) is 12.4 Å². The molecule has 0 aromatic carbocycles. The van der Waals surface area contributed by atoms with Crippen LogP contribution in [0.1, 0.15) is 32.6 Å². The van der Waals surface area contributed by atoms with Crippen molar-refractivity contribution in [3.8, 4) is 0 Å². The number of halogens is 1. The molecule has 2 aliphatic rings. The van der Waals surface area contributed by atoms with Crippen LogP contribution in [-0.2, 0) is 4.79 Å². The van der Waals surface area contributed by atoms with Crippen molar-refractivity contribution in [3.05, 3.63) is 0 Å². The Hall–Kier alpha value is -0.280. The van der Waals surface area contributed by atoms with Gasteiger partial charge in [0.25, 0.3) is 0 Å². The van der Waals surface area contributed by atoms with E-state index in [-0.39, 0.29) is 12.4 Å². The molecule has 4 heteroatoms. The van der Waals surface area contributed by atoms with Crippen LogP contribution in [0.15, 0.2) is 0 Å². The summed E-state index contributed by atoms with van der Waals surface area (Å²) < 4.78 is 0. The van der Waals surface area contributed by atoms with E-state index in [0.717, 1.165) is 32.5 Å². The lowest BCUT2D eigenvalue weighted by molar-refractivity contribution is -0.136. The number of piperazine rings is 1. The molecule has 1 saturated carbocycles. The Balaban J connectivity index is 0.00000112. The zero-order chi connectivity index (χ0) is 9.97. The van der Waals surface area contributed by atoms with Gasteiger partial charge in [-0.2, -0.15) is 0 Å². The lowest BCUT2D eigenvalue weighted by Crippen LogP contribution is -2.52. The van der Waals surface area contributed by atoms with Crippen LogP contribution >= 0.6 is 12.4 Å². The Morgan fingerprint density at radius 1 is 1.33 bits per heavy atom. The maximum absolute atomic E-state index is 12.0. The van der Waals surface area contributed by atoms with Gasteiger partial charge in [-0.25, -0.2) is 0 Å². The SMILES string of the molecule is C[C@@H]1CN(C(=O)C2CCCC2)CCN1.Cl. The lowest BCUT2D eigenvalue weighted by atomic mass is 10.1. The summed E-state index contributed by atoms with van der Waals surface area (Å²) in [4.78, 5) is 14.1. The smallest absolute Gasteiger partial charge is 0.225 e. The quantitative estimate of drug-likeness (QED) is 0.742. The van der Waals surface area contributed by atoms with Gasteiger partial charge in [-0.3, -0.25) is 4.79 Å². The molecule has 0 aromatic rings. The van der Waals surface area contributed by atoms with E-state index in [2.05, 4.69) is 17.1 Å². The second-order valence-electron chi connectivity index (χ2n) is 4.62. The number of amides is 1. The average Bonchev–Trinajstić information content (AvgIpc) is 2.69. The lowest BCUT2D eigenvalue weighted by Gasteiger charge is -2.33. The molecule has 0 aromatic heterocycles. The van der Waals surface area contributed by atoms with Gasteiger partial charge in [0.15, 0.2) is 0 Å². The first-order valence-electron chi connectivity index (χ1n) is 5.79. The molecule has 1 atom stereocenters. The van der Waals surface area contributed by atoms with Crippen molar-refractivity contribution in [2.24, 2.45) is 5.92 Å². The van der Waals surface area contributed by atoms with Crippen LogP contribution in [0.25, 0.3) is 0 Å². The van der Waals surface area contributed by atoms with Crippen LogP contribution in [0.3, 0.4) is 0 Å². The van der Waals surface area contributed by atoms with E-state index in [0.29, 0.717) is 17.9 Å². The molecule has 2 rings (SSSR count). The van der Waals surface area contributed by atoms with E-state index >= 15 is 0 Å². The van der Waals surface area contributed by atoms with Gasteiger partial charge < -0.3 is 10.2 Å². The largest absolute Gasteiger partial charge is 0.340 e. The molecule has 3 nitrogen and oxygen atoms in total. The number of hydrogen-bond acceptors (Lipinski definition) is 2. The monoisotopic (exact) mass is 232 g/mol. The third-order valence-corrected chi connectivity index (χ3v) is 3.38. The van der Waals surface area contributed by atoms with E-state index < -0.39 is 0 Å². The number of carbonyl (C=O) groups is 1. The molecule has 0 spiro atoms. The minimum atomic E-state index is 0. The van der Waals surface area contributed by atoms with Crippen molar-refractivity contribution in [1.82, 2.24) is 10.2 Å². The van der Waals surface area contributed by atoms with Crippen LogP contribution in [-0.4, -0.2) is 36.5 Å². The molecule has 0 bridgehead atoms. The minimum Gasteiger partial charge on any atom is -0.340 e. The molecule has 1 heterocycles. The van der Waals surface area contributed by atoms with Crippen molar-refractivity contribution >= 4 is 18.3 Å². The summed E-state index contributed by atoms with van der Waals surface area (Å²) in [7, 11) is 0. The second-order valence-corrected chi connectivity index (χ2v) is 4.62. The molecule has 1 amide bonds. The molecule has 1 N–H and O–H groups in total. The Bertz CT molecular complexity index is 217.